The van der Waals surface area contributed by atoms with Gasteiger partial charge in [-0.3, -0.25) is 9.59 Å². The van der Waals surface area contributed by atoms with Crippen molar-refractivity contribution in [2.24, 2.45) is 5.92 Å². The van der Waals surface area contributed by atoms with Crippen LogP contribution in [-0.4, -0.2) is 34.7 Å². The van der Waals surface area contributed by atoms with E-state index in [1.807, 2.05) is 0 Å². The van der Waals surface area contributed by atoms with Crippen molar-refractivity contribution in [1.82, 2.24) is 4.90 Å². The van der Waals surface area contributed by atoms with E-state index in [4.69, 9.17) is 5.11 Å². The average Bonchev–Trinajstić information content (AvgIpc) is 2.99. The molecule has 3 rings (SSSR count). The molecular weight excluding hydrogens is 320 g/mol. The molecule has 2 aliphatic rings. The van der Waals surface area contributed by atoms with Crippen LogP contribution in [0.15, 0.2) is 41.1 Å². The van der Waals surface area contributed by atoms with Crippen LogP contribution in [0.1, 0.15) is 12.0 Å². The zero-order valence-electron chi connectivity index (χ0n) is 12.7. The van der Waals surface area contributed by atoms with E-state index in [9.17, 15) is 23.2 Å². The second kappa shape index (κ2) is 5.67. The standard InChI is InChI=1S/C17H13F2NO4/c1-20-14-7-9(17(23)24)6-10(14)15(21)11(16(20)22)4-8-2-3-12(18)13(19)5-8/h2-3,5-6,11H,4,7H2,1H3,(H,23,24). The van der Waals surface area contributed by atoms with Crippen LogP contribution in [0.25, 0.3) is 0 Å². The summed E-state index contributed by atoms with van der Waals surface area (Å²) >= 11 is 0. The third-order valence-corrected chi connectivity index (χ3v) is 4.30. The molecule has 0 saturated heterocycles. The summed E-state index contributed by atoms with van der Waals surface area (Å²) in [4.78, 5) is 37.4. The second-order valence-corrected chi connectivity index (χ2v) is 5.78. The van der Waals surface area contributed by atoms with Gasteiger partial charge in [-0.1, -0.05) is 6.07 Å². The molecule has 0 fully saturated rings. The number of nitrogens with zero attached hydrogens (tertiary/aromatic N) is 1. The van der Waals surface area contributed by atoms with Crippen LogP contribution in [-0.2, 0) is 20.8 Å². The molecule has 1 aliphatic carbocycles. The molecule has 0 aromatic heterocycles. The van der Waals surface area contributed by atoms with E-state index in [1.54, 1.807) is 0 Å². The number of amides is 1. The summed E-state index contributed by atoms with van der Waals surface area (Å²) in [5.74, 6) is -5.26. The van der Waals surface area contributed by atoms with E-state index < -0.39 is 35.2 Å². The maximum atomic E-state index is 13.3. The minimum atomic E-state index is -1.14. The first kappa shape index (κ1) is 16.0. The lowest BCUT2D eigenvalue weighted by Crippen LogP contribution is -2.42. The van der Waals surface area contributed by atoms with Crippen molar-refractivity contribution in [3.05, 3.63) is 58.3 Å². The number of hydrogen-bond acceptors (Lipinski definition) is 3. The van der Waals surface area contributed by atoms with Gasteiger partial charge in [-0.15, -0.1) is 0 Å². The van der Waals surface area contributed by atoms with Gasteiger partial charge in [0, 0.05) is 30.3 Å². The highest BCUT2D eigenvalue weighted by Crippen LogP contribution is 2.35. The Labute approximate surface area is 135 Å². The van der Waals surface area contributed by atoms with Crippen molar-refractivity contribution in [3.63, 3.8) is 0 Å². The molecule has 0 radical (unpaired) electrons. The molecule has 124 valence electrons. The highest BCUT2D eigenvalue weighted by Gasteiger charge is 2.41. The fourth-order valence-corrected chi connectivity index (χ4v) is 2.98. The lowest BCUT2D eigenvalue weighted by Gasteiger charge is -2.30. The van der Waals surface area contributed by atoms with Crippen molar-refractivity contribution in [2.45, 2.75) is 12.8 Å². The van der Waals surface area contributed by atoms with Gasteiger partial charge in [-0.05, 0) is 30.2 Å². The molecule has 24 heavy (non-hydrogen) atoms. The van der Waals surface area contributed by atoms with Crippen molar-refractivity contribution in [3.8, 4) is 0 Å². The lowest BCUT2D eigenvalue weighted by atomic mass is 9.86. The maximum absolute atomic E-state index is 13.3. The van der Waals surface area contributed by atoms with Gasteiger partial charge in [0.25, 0.3) is 0 Å². The molecule has 0 saturated carbocycles. The normalized spacial score (nSPS) is 20.4. The van der Waals surface area contributed by atoms with Crippen LogP contribution < -0.4 is 0 Å². The summed E-state index contributed by atoms with van der Waals surface area (Å²) in [5.41, 5.74) is 0.922. The molecular formula is C17H13F2NO4. The van der Waals surface area contributed by atoms with E-state index in [1.165, 1.54) is 24.1 Å². The van der Waals surface area contributed by atoms with Crippen molar-refractivity contribution < 1.29 is 28.3 Å². The molecule has 1 aliphatic heterocycles. The van der Waals surface area contributed by atoms with Crippen LogP contribution in [0.4, 0.5) is 8.78 Å². The van der Waals surface area contributed by atoms with Gasteiger partial charge >= 0.3 is 5.97 Å². The highest BCUT2D eigenvalue weighted by atomic mass is 19.2. The molecule has 1 N–H and O–H groups in total. The number of carboxylic acid groups (broad SMARTS) is 1. The topological polar surface area (TPSA) is 74.7 Å². The number of rotatable bonds is 3. The summed E-state index contributed by atoms with van der Waals surface area (Å²) in [5, 5.41) is 9.07. The fraction of sp³-hybridized carbons (Fsp3) is 0.235. The molecule has 0 bridgehead atoms. The number of Topliss-reactive ketones (excluding diaryl/α,β-unsaturated/α-hetero) is 1. The number of halogens is 2. The number of carbonyl (C=O) groups is 3. The summed E-state index contributed by atoms with van der Waals surface area (Å²) < 4.78 is 26.3. The Morgan fingerprint density at radius 3 is 2.62 bits per heavy atom. The number of ketones is 1. The summed E-state index contributed by atoms with van der Waals surface area (Å²) in [7, 11) is 1.47. The van der Waals surface area contributed by atoms with Crippen LogP contribution in [0, 0.1) is 17.6 Å². The third kappa shape index (κ3) is 2.51. The minimum Gasteiger partial charge on any atom is -0.478 e. The zero-order chi connectivity index (χ0) is 17.6. The Balaban J connectivity index is 1.92. The average molecular weight is 333 g/mol. The second-order valence-electron chi connectivity index (χ2n) is 5.78. The smallest absolute Gasteiger partial charge is 0.331 e. The molecule has 5 nitrogen and oxygen atoms in total. The van der Waals surface area contributed by atoms with E-state index in [-0.39, 0.29) is 24.0 Å². The van der Waals surface area contributed by atoms with Gasteiger partial charge in [0.05, 0.1) is 0 Å². The quantitative estimate of drug-likeness (QED) is 0.857. The number of allylic oxidation sites excluding steroid dienone is 3. The monoisotopic (exact) mass is 333 g/mol. The van der Waals surface area contributed by atoms with Gasteiger partial charge in [0.2, 0.25) is 5.91 Å². The molecule has 1 atom stereocenters. The summed E-state index contributed by atoms with van der Waals surface area (Å²) in [6.45, 7) is 0. The predicted octanol–water partition coefficient (Wildman–Crippen LogP) is 1.83. The van der Waals surface area contributed by atoms with Gasteiger partial charge in [0.1, 0.15) is 5.92 Å². The van der Waals surface area contributed by atoms with Crippen LogP contribution in [0.2, 0.25) is 0 Å². The van der Waals surface area contributed by atoms with Crippen LogP contribution in [0.3, 0.4) is 0 Å². The Morgan fingerprint density at radius 2 is 2.00 bits per heavy atom. The zero-order valence-corrected chi connectivity index (χ0v) is 12.7. The third-order valence-electron chi connectivity index (χ3n) is 4.30. The Kier molecular flexibility index (Phi) is 3.79. The van der Waals surface area contributed by atoms with Crippen LogP contribution >= 0.6 is 0 Å². The first-order chi connectivity index (χ1) is 11.3. The van der Waals surface area contributed by atoms with Crippen LogP contribution in [0.5, 0.6) is 0 Å². The lowest BCUT2D eigenvalue weighted by molar-refractivity contribution is -0.139. The van der Waals surface area contributed by atoms with Gasteiger partial charge < -0.3 is 10.0 Å². The van der Waals surface area contributed by atoms with E-state index in [0.29, 0.717) is 11.3 Å². The van der Waals surface area contributed by atoms with E-state index in [2.05, 4.69) is 0 Å². The number of carboxylic acids is 1. The Bertz CT molecular complexity index is 841. The van der Waals surface area contributed by atoms with Crippen molar-refractivity contribution in [2.75, 3.05) is 7.05 Å². The van der Waals surface area contributed by atoms with Gasteiger partial charge in [-0.2, -0.15) is 0 Å². The Morgan fingerprint density at radius 1 is 1.29 bits per heavy atom. The SMILES string of the molecule is CN1C(=O)C(Cc2ccc(F)c(F)c2)C(=O)C2=C1CC(C(=O)O)=C2. The van der Waals surface area contributed by atoms with Crippen molar-refractivity contribution >= 4 is 17.7 Å². The molecule has 1 unspecified atom stereocenters. The first-order valence-corrected chi connectivity index (χ1v) is 7.22. The molecule has 1 heterocycles. The van der Waals surface area contributed by atoms with Gasteiger partial charge in [-0.25, -0.2) is 13.6 Å². The summed E-state index contributed by atoms with van der Waals surface area (Å²) in [6.07, 6.45) is 1.21. The first-order valence-electron chi connectivity index (χ1n) is 7.22. The predicted molar refractivity (Wildman–Crippen MR) is 78.7 cm³/mol. The molecule has 1 aromatic rings. The van der Waals surface area contributed by atoms with Crippen molar-refractivity contribution in [1.29, 1.82) is 0 Å². The molecule has 1 aromatic carbocycles. The number of carbonyl (C=O) groups excluding carboxylic acids is 2. The molecule has 1 amide bonds. The van der Waals surface area contributed by atoms with E-state index in [0.717, 1.165) is 12.1 Å². The molecule has 0 spiro atoms. The highest BCUT2D eigenvalue weighted by molar-refractivity contribution is 6.16. The number of benzene rings is 1. The number of hydrogen-bond donors (Lipinski definition) is 1. The largest absolute Gasteiger partial charge is 0.478 e. The Hall–Kier alpha value is -2.83. The minimum absolute atomic E-state index is 0.0105. The molecule has 7 heteroatoms. The van der Waals surface area contributed by atoms with E-state index >= 15 is 0 Å². The fourth-order valence-electron chi connectivity index (χ4n) is 2.98. The van der Waals surface area contributed by atoms with Gasteiger partial charge in [0.15, 0.2) is 17.4 Å². The maximum Gasteiger partial charge on any atom is 0.331 e. The number of aliphatic carboxylic acids is 1. The summed E-state index contributed by atoms with van der Waals surface area (Å²) in [6, 6.07) is 3.21.